The number of anilines is 3. The number of carbonyl (C=O) groups excluding carboxylic acids is 2. The number of likely N-dealkylation sites (tertiary alicyclic amines) is 2. The highest BCUT2D eigenvalue weighted by Crippen LogP contribution is 2.34. The molecule has 5 rings (SSSR count). The third kappa shape index (κ3) is 4.90. The summed E-state index contributed by atoms with van der Waals surface area (Å²) in [6, 6.07) is 10.2. The van der Waals surface area contributed by atoms with Crippen LogP contribution in [-0.2, 0) is 20.7 Å². The highest BCUT2D eigenvalue weighted by molar-refractivity contribution is 6.39. The molecule has 1 spiro atoms. The molecule has 1 atom stereocenters. The van der Waals surface area contributed by atoms with E-state index >= 15 is 0 Å². The molecule has 2 aromatic rings. The summed E-state index contributed by atoms with van der Waals surface area (Å²) in [6.45, 7) is 6.97. The minimum absolute atomic E-state index is 0.0521. The number of nitrogens with one attached hydrogen (secondary N) is 1. The van der Waals surface area contributed by atoms with E-state index in [1.54, 1.807) is 11.0 Å². The van der Waals surface area contributed by atoms with E-state index < -0.39 is 11.8 Å². The number of hydrogen-bond donors (Lipinski definition) is 2. The Bertz CT molecular complexity index is 1110. The predicted molar refractivity (Wildman–Crippen MR) is 140 cm³/mol. The van der Waals surface area contributed by atoms with E-state index in [-0.39, 0.29) is 11.6 Å². The second-order valence-electron chi connectivity index (χ2n) is 10.3. The number of carbonyl (C=O) groups is 2. The molecule has 0 aliphatic carbocycles. The zero-order chi connectivity index (χ0) is 25.3. The molecule has 192 valence electrons. The van der Waals surface area contributed by atoms with Gasteiger partial charge in [0.1, 0.15) is 11.4 Å². The molecule has 3 N–H and O–H groups in total. The van der Waals surface area contributed by atoms with Gasteiger partial charge in [0.15, 0.2) is 0 Å². The number of hydrogen-bond acceptors (Lipinski definition) is 7. The molecule has 3 fully saturated rings. The Morgan fingerprint density at radius 1 is 1.17 bits per heavy atom. The Morgan fingerprint density at radius 2 is 1.94 bits per heavy atom. The van der Waals surface area contributed by atoms with Crippen LogP contribution >= 0.6 is 0 Å². The molecule has 4 heterocycles. The van der Waals surface area contributed by atoms with Crippen molar-refractivity contribution < 1.29 is 14.3 Å². The van der Waals surface area contributed by atoms with Gasteiger partial charge in [0, 0.05) is 38.4 Å². The maximum atomic E-state index is 13.2. The molecule has 1 aromatic heterocycles. The molecule has 3 aliphatic heterocycles. The molecule has 2 amide bonds. The summed E-state index contributed by atoms with van der Waals surface area (Å²) in [4.78, 5) is 36.6. The van der Waals surface area contributed by atoms with Crippen LogP contribution in [-0.4, -0.2) is 78.6 Å². The Morgan fingerprint density at radius 3 is 2.67 bits per heavy atom. The predicted octanol–water partition coefficient (Wildman–Crippen LogP) is 2.44. The lowest BCUT2D eigenvalue weighted by atomic mass is 9.92. The van der Waals surface area contributed by atoms with Crippen molar-refractivity contribution in [2.75, 3.05) is 62.3 Å². The van der Waals surface area contributed by atoms with Crippen LogP contribution in [0.2, 0.25) is 0 Å². The second kappa shape index (κ2) is 10.1. The van der Waals surface area contributed by atoms with Gasteiger partial charge in [0.25, 0.3) is 0 Å². The van der Waals surface area contributed by atoms with Crippen molar-refractivity contribution in [1.29, 1.82) is 0 Å². The third-order valence-electron chi connectivity index (χ3n) is 7.61. The number of amides is 2. The number of rotatable bonds is 4. The summed E-state index contributed by atoms with van der Waals surface area (Å²) < 4.78 is 6.09. The normalized spacial score (nSPS) is 21.8. The van der Waals surface area contributed by atoms with Crippen LogP contribution in [0.25, 0.3) is 0 Å². The van der Waals surface area contributed by atoms with E-state index in [2.05, 4.69) is 51.4 Å². The lowest BCUT2D eigenvalue weighted by molar-refractivity contribution is -0.145. The number of benzene rings is 1. The SMILES string of the molecule is CCc1cc(NC(=O)C(=O)N2CCCC[C@H]2c2ccc(N3CCOC4(CN(C)C4)C3)cc2)cnc1N. The van der Waals surface area contributed by atoms with Gasteiger partial charge in [-0.3, -0.25) is 9.59 Å². The first-order chi connectivity index (χ1) is 17.4. The molecule has 0 saturated carbocycles. The first kappa shape index (κ1) is 24.5. The smallest absolute Gasteiger partial charge is 0.313 e. The third-order valence-corrected chi connectivity index (χ3v) is 7.61. The highest BCUT2D eigenvalue weighted by atomic mass is 16.5. The van der Waals surface area contributed by atoms with Gasteiger partial charge < -0.3 is 30.5 Å². The van der Waals surface area contributed by atoms with Crippen LogP contribution in [0, 0.1) is 0 Å². The van der Waals surface area contributed by atoms with Crippen molar-refractivity contribution in [3.8, 4) is 0 Å². The number of nitrogen functional groups attached to an aromatic ring is 1. The summed E-state index contributed by atoms with van der Waals surface area (Å²) in [7, 11) is 2.12. The molecule has 9 heteroatoms. The lowest BCUT2D eigenvalue weighted by Crippen LogP contribution is -2.69. The van der Waals surface area contributed by atoms with E-state index in [4.69, 9.17) is 10.5 Å². The molecule has 9 nitrogen and oxygen atoms in total. The molecule has 3 saturated heterocycles. The summed E-state index contributed by atoms with van der Waals surface area (Å²) in [5.41, 5.74) is 9.37. The van der Waals surface area contributed by atoms with Crippen LogP contribution < -0.4 is 16.0 Å². The Labute approximate surface area is 212 Å². The van der Waals surface area contributed by atoms with E-state index in [9.17, 15) is 9.59 Å². The number of likely N-dealkylation sites (N-methyl/N-ethyl adjacent to an activating group) is 1. The van der Waals surface area contributed by atoms with Crippen molar-refractivity contribution in [2.24, 2.45) is 0 Å². The summed E-state index contributed by atoms with van der Waals surface area (Å²) in [5, 5.41) is 2.72. The monoisotopic (exact) mass is 492 g/mol. The van der Waals surface area contributed by atoms with Gasteiger partial charge in [0.2, 0.25) is 0 Å². The number of nitrogens with zero attached hydrogens (tertiary/aromatic N) is 4. The van der Waals surface area contributed by atoms with Gasteiger partial charge in [-0.05, 0) is 62.1 Å². The lowest BCUT2D eigenvalue weighted by Gasteiger charge is -2.53. The molecular weight excluding hydrogens is 456 g/mol. The standard InChI is InChI=1S/C27H36N6O3/c1-3-19-14-21(15-29-24(19)28)30-25(34)26(35)33-11-5-4-6-23(33)20-7-9-22(10-8-20)32-12-13-36-27(18-32)16-31(2)17-27/h7-10,14-15,23H,3-6,11-13,16-18H2,1-2H3,(H2,28,29)(H,30,34)/t23-/m0/s1. The first-order valence-corrected chi connectivity index (χ1v) is 12.9. The zero-order valence-electron chi connectivity index (χ0n) is 21.2. The Hall–Kier alpha value is -3.17. The average Bonchev–Trinajstić information content (AvgIpc) is 2.89. The van der Waals surface area contributed by atoms with Gasteiger partial charge >= 0.3 is 11.8 Å². The van der Waals surface area contributed by atoms with Crippen molar-refractivity contribution in [3.05, 3.63) is 47.7 Å². The molecular formula is C27H36N6O3. The topological polar surface area (TPSA) is 104 Å². The van der Waals surface area contributed by atoms with Gasteiger partial charge in [-0.1, -0.05) is 19.1 Å². The summed E-state index contributed by atoms with van der Waals surface area (Å²) in [5.74, 6) is -0.715. The van der Waals surface area contributed by atoms with Gasteiger partial charge in [0.05, 0.1) is 24.5 Å². The van der Waals surface area contributed by atoms with E-state index in [0.29, 0.717) is 24.5 Å². The number of aryl methyl sites for hydroxylation is 1. The minimum Gasteiger partial charge on any atom is -0.383 e. The maximum absolute atomic E-state index is 13.2. The summed E-state index contributed by atoms with van der Waals surface area (Å²) >= 11 is 0. The van der Waals surface area contributed by atoms with Crippen LogP contribution in [0.4, 0.5) is 17.2 Å². The summed E-state index contributed by atoms with van der Waals surface area (Å²) in [6.07, 6.45) is 4.95. The van der Waals surface area contributed by atoms with Gasteiger partial charge in [-0.25, -0.2) is 4.98 Å². The molecule has 36 heavy (non-hydrogen) atoms. The zero-order valence-corrected chi connectivity index (χ0v) is 21.2. The number of nitrogens with two attached hydrogens (primary N) is 1. The quantitative estimate of drug-likeness (QED) is 0.632. The van der Waals surface area contributed by atoms with Crippen molar-refractivity contribution in [2.45, 2.75) is 44.2 Å². The van der Waals surface area contributed by atoms with Gasteiger partial charge in [-0.15, -0.1) is 0 Å². The number of ether oxygens (including phenoxy) is 1. The van der Waals surface area contributed by atoms with Crippen LogP contribution in [0.5, 0.6) is 0 Å². The van der Waals surface area contributed by atoms with Crippen LogP contribution in [0.1, 0.15) is 43.4 Å². The largest absolute Gasteiger partial charge is 0.383 e. The second-order valence-corrected chi connectivity index (χ2v) is 10.3. The Balaban J connectivity index is 1.26. The number of aromatic nitrogens is 1. The van der Waals surface area contributed by atoms with Crippen LogP contribution in [0.15, 0.2) is 36.5 Å². The fraction of sp³-hybridized carbons (Fsp3) is 0.519. The van der Waals surface area contributed by atoms with Crippen molar-refractivity contribution in [1.82, 2.24) is 14.8 Å². The number of piperidine rings is 1. The van der Waals surface area contributed by atoms with Crippen LogP contribution in [0.3, 0.4) is 0 Å². The number of pyridine rings is 1. The molecule has 1 aromatic carbocycles. The fourth-order valence-electron chi connectivity index (χ4n) is 5.81. The highest BCUT2D eigenvalue weighted by Gasteiger charge is 2.45. The van der Waals surface area contributed by atoms with Crippen molar-refractivity contribution >= 4 is 29.0 Å². The fourth-order valence-corrected chi connectivity index (χ4v) is 5.81. The van der Waals surface area contributed by atoms with Gasteiger partial charge in [-0.2, -0.15) is 0 Å². The Kier molecular flexibility index (Phi) is 6.85. The van der Waals surface area contributed by atoms with Crippen molar-refractivity contribution in [3.63, 3.8) is 0 Å². The molecule has 0 unspecified atom stereocenters. The number of morpholine rings is 1. The average molecular weight is 493 g/mol. The molecule has 0 bridgehead atoms. The minimum atomic E-state index is -0.642. The first-order valence-electron chi connectivity index (χ1n) is 12.9. The van der Waals surface area contributed by atoms with E-state index in [0.717, 1.165) is 63.2 Å². The van der Waals surface area contributed by atoms with E-state index in [1.807, 2.05) is 6.92 Å². The van der Waals surface area contributed by atoms with E-state index in [1.165, 1.54) is 11.9 Å². The maximum Gasteiger partial charge on any atom is 0.313 e. The molecule has 3 aliphatic rings. The molecule has 0 radical (unpaired) electrons.